The Morgan fingerprint density at radius 3 is 2.52 bits per heavy atom. The van der Waals surface area contributed by atoms with E-state index in [1.807, 2.05) is 0 Å². The Kier molecular flexibility index (Phi) is 5.72. The van der Waals surface area contributed by atoms with E-state index < -0.39 is 47.9 Å². The largest absolute Gasteiger partial charge is 0.494 e. The summed E-state index contributed by atoms with van der Waals surface area (Å²) in [5.74, 6) is -4.32. The summed E-state index contributed by atoms with van der Waals surface area (Å²) in [6, 6.07) is 7.09. The van der Waals surface area contributed by atoms with E-state index in [1.165, 1.54) is 37.4 Å². The summed E-state index contributed by atoms with van der Waals surface area (Å²) in [5.41, 5.74) is -0.995. The van der Waals surface area contributed by atoms with Crippen molar-refractivity contribution in [3.63, 3.8) is 0 Å². The van der Waals surface area contributed by atoms with Gasteiger partial charge in [0.1, 0.15) is 23.9 Å². The Bertz CT molecular complexity index is 1010. The molecule has 0 radical (unpaired) electrons. The van der Waals surface area contributed by atoms with Gasteiger partial charge in [-0.1, -0.05) is 23.7 Å². The van der Waals surface area contributed by atoms with Crippen LogP contribution in [0.1, 0.15) is 16.7 Å². The topological polar surface area (TPSA) is 109 Å². The van der Waals surface area contributed by atoms with Crippen LogP contribution in [-0.2, 0) is 21.7 Å². The second kappa shape index (κ2) is 7.93. The lowest BCUT2D eigenvalue weighted by atomic mass is 9.83. The molecule has 2 aromatic carbocycles. The molecule has 4 rings (SSSR count). The molecule has 2 aliphatic rings. The van der Waals surface area contributed by atoms with E-state index in [1.54, 1.807) is 0 Å². The first-order valence-electron chi connectivity index (χ1n) is 9.48. The number of benzene rings is 2. The van der Waals surface area contributed by atoms with Crippen molar-refractivity contribution < 1.29 is 43.4 Å². The van der Waals surface area contributed by atoms with Crippen molar-refractivity contribution in [1.82, 2.24) is 0 Å². The van der Waals surface area contributed by atoms with Crippen LogP contribution in [-0.4, -0.2) is 64.7 Å². The Morgan fingerprint density at radius 2 is 1.84 bits per heavy atom. The standard InChI is InChI=1S/C21H21ClF2O7/c1-29-14-5-2-10(15(23)16(14)24)6-11-7-12(3-4-13(11)22)21-19(28)17(26)18(27)20(8-25,31-21)9-30-21/h2-5,7,17-19,25-28H,6,8-9H2,1H3/t17-,18+,19-,20+,21-/m0/s1. The van der Waals surface area contributed by atoms with Crippen LogP contribution < -0.4 is 4.74 Å². The smallest absolute Gasteiger partial charge is 0.225 e. The van der Waals surface area contributed by atoms with Gasteiger partial charge >= 0.3 is 0 Å². The van der Waals surface area contributed by atoms with Crippen LogP contribution in [0.5, 0.6) is 5.75 Å². The molecular weight excluding hydrogens is 438 g/mol. The third-order valence-corrected chi connectivity index (χ3v) is 6.27. The SMILES string of the molecule is COc1ccc(Cc2cc([C@]34OC[C@@](CO)(O3)[C@H](O)[C@H](O)[C@@H]4O)ccc2Cl)c(F)c1F. The highest BCUT2D eigenvalue weighted by atomic mass is 35.5. The zero-order chi connectivity index (χ0) is 22.6. The van der Waals surface area contributed by atoms with Crippen LogP contribution in [0.15, 0.2) is 30.3 Å². The van der Waals surface area contributed by atoms with E-state index in [-0.39, 0.29) is 34.9 Å². The van der Waals surface area contributed by atoms with E-state index in [9.17, 15) is 29.2 Å². The molecule has 2 heterocycles. The zero-order valence-corrected chi connectivity index (χ0v) is 17.1. The Hall–Kier alpha value is -1.85. The number of halogens is 3. The summed E-state index contributed by atoms with van der Waals surface area (Å²) in [4.78, 5) is 0. The van der Waals surface area contributed by atoms with Crippen LogP contribution in [0.25, 0.3) is 0 Å². The second-order valence-corrected chi connectivity index (χ2v) is 8.11. The van der Waals surface area contributed by atoms with Crippen molar-refractivity contribution in [3.8, 4) is 5.75 Å². The highest BCUT2D eigenvalue weighted by Gasteiger charge is 2.67. The summed E-state index contributed by atoms with van der Waals surface area (Å²) in [7, 11) is 1.23. The Balaban J connectivity index is 1.73. The van der Waals surface area contributed by atoms with Crippen LogP contribution >= 0.6 is 11.6 Å². The monoisotopic (exact) mass is 458 g/mol. The fourth-order valence-corrected chi connectivity index (χ4v) is 4.26. The number of rotatable bonds is 5. The number of aliphatic hydroxyl groups is 4. The molecule has 2 aliphatic heterocycles. The van der Waals surface area contributed by atoms with Gasteiger partial charge in [-0.25, -0.2) is 4.39 Å². The Morgan fingerprint density at radius 1 is 1.10 bits per heavy atom. The van der Waals surface area contributed by atoms with Gasteiger partial charge in [-0.15, -0.1) is 0 Å². The van der Waals surface area contributed by atoms with Crippen molar-refractivity contribution in [2.75, 3.05) is 20.3 Å². The summed E-state index contributed by atoms with van der Waals surface area (Å²) in [6.45, 7) is -0.939. The number of methoxy groups -OCH3 is 1. The minimum atomic E-state index is -1.88. The van der Waals surface area contributed by atoms with Crippen LogP contribution in [0.4, 0.5) is 8.78 Å². The van der Waals surface area contributed by atoms with Crippen molar-refractivity contribution in [3.05, 3.63) is 63.7 Å². The molecule has 0 aliphatic carbocycles. The fourth-order valence-electron chi connectivity index (χ4n) is 4.07. The fraction of sp³-hybridized carbons (Fsp3) is 0.429. The molecule has 0 saturated carbocycles. The third-order valence-electron chi connectivity index (χ3n) is 5.90. The highest BCUT2D eigenvalue weighted by molar-refractivity contribution is 6.31. The molecule has 0 spiro atoms. The molecule has 5 atom stereocenters. The molecule has 2 bridgehead atoms. The van der Waals surface area contributed by atoms with Gasteiger partial charge in [-0.2, -0.15) is 4.39 Å². The first-order valence-corrected chi connectivity index (χ1v) is 9.86. The van der Waals surface area contributed by atoms with Gasteiger partial charge in [0.2, 0.25) is 11.6 Å². The lowest BCUT2D eigenvalue weighted by Crippen LogP contribution is -2.65. The number of hydrogen-bond donors (Lipinski definition) is 4. The molecule has 7 nitrogen and oxygen atoms in total. The molecule has 10 heteroatoms. The van der Waals surface area contributed by atoms with E-state index in [0.717, 1.165) is 0 Å². The summed E-state index contributed by atoms with van der Waals surface area (Å²) < 4.78 is 44.8. The third kappa shape index (κ3) is 3.32. The van der Waals surface area contributed by atoms with Crippen LogP contribution in [0.2, 0.25) is 5.02 Å². The molecule has 2 fully saturated rings. The number of aliphatic hydroxyl groups excluding tert-OH is 4. The Labute approximate surface area is 181 Å². The van der Waals surface area contributed by atoms with E-state index in [4.69, 9.17) is 25.8 Å². The number of ether oxygens (including phenoxy) is 3. The molecule has 2 saturated heterocycles. The maximum atomic E-state index is 14.4. The lowest BCUT2D eigenvalue weighted by Gasteiger charge is -2.46. The predicted octanol–water partition coefficient (Wildman–Crippen LogP) is 1.24. The lowest BCUT2D eigenvalue weighted by molar-refractivity contribution is -0.329. The van der Waals surface area contributed by atoms with Crippen molar-refractivity contribution in [1.29, 1.82) is 0 Å². The minimum Gasteiger partial charge on any atom is -0.494 e. The number of hydrogen-bond acceptors (Lipinski definition) is 7. The van der Waals surface area contributed by atoms with Crippen molar-refractivity contribution >= 4 is 11.6 Å². The molecule has 0 aromatic heterocycles. The first-order chi connectivity index (χ1) is 14.7. The predicted molar refractivity (Wildman–Crippen MR) is 104 cm³/mol. The van der Waals surface area contributed by atoms with Gasteiger partial charge < -0.3 is 34.6 Å². The highest BCUT2D eigenvalue weighted by Crippen LogP contribution is 2.49. The summed E-state index contributed by atoms with van der Waals surface area (Å²) >= 11 is 6.26. The maximum absolute atomic E-state index is 14.4. The first kappa shape index (κ1) is 22.3. The van der Waals surface area contributed by atoms with Gasteiger partial charge in [0.05, 0.1) is 20.3 Å². The molecule has 0 amide bonds. The van der Waals surface area contributed by atoms with E-state index in [2.05, 4.69) is 0 Å². The van der Waals surface area contributed by atoms with Gasteiger partial charge in [-0.3, -0.25) is 0 Å². The van der Waals surface area contributed by atoms with E-state index >= 15 is 0 Å². The van der Waals surface area contributed by atoms with Gasteiger partial charge in [0.15, 0.2) is 11.6 Å². The molecule has 4 N–H and O–H groups in total. The normalized spacial score (nSPS) is 32.3. The minimum absolute atomic E-state index is 0.0208. The van der Waals surface area contributed by atoms with Crippen molar-refractivity contribution in [2.24, 2.45) is 0 Å². The molecule has 168 valence electrons. The van der Waals surface area contributed by atoms with Crippen LogP contribution in [0.3, 0.4) is 0 Å². The summed E-state index contributed by atoms with van der Waals surface area (Å²) in [5, 5.41) is 41.2. The average Bonchev–Trinajstić information content (AvgIpc) is 3.16. The van der Waals surface area contributed by atoms with Gasteiger partial charge in [-0.05, 0) is 29.3 Å². The van der Waals surface area contributed by atoms with Gasteiger partial charge in [0, 0.05) is 17.0 Å². The van der Waals surface area contributed by atoms with Crippen molar-refractivity contribution in [2.45, 2.75) is 36.1 Å². The molecular formula is C21H21ClF2O7. The second-order valence-electron chi connectivity index (χ2n) is 7.70. The van der Waals surface area contributed by atoms with Crippen LogP contribution in [0, 0.1) is 11.6 Å². The number of fused-ring (bicyclic) bond motifs is 2. The zero-order valence-electron chi connectivity index (χ0n) is 16.4. The average molecular weight is 459 g/mol. The molecule has 31 heavy (non-hydrogen) atoms. The summed E-state index contributed by atoms with van der Waals surface area (Å²) in [6.07, 6.45) is -5.02. The molecule has 2 aromatic rings. The quantitative estimate of drug-likeness (QED) is 0.534. The molecule has 0 unspecified atom stereocenters. The maximum Gasteiger partial charge on any atom is 0.225 e. The van der Waals surface area contributed by atoms with Gasteiger partial charge in [0.25, 0.3) is 0 Å². The van der Waals surface area contributed by atoms with E-state index in [0.29, 0.717) is 5.56 Å².